The van der Waals surface area contributed by atoms with Gasteiger partial charge >= 0.3 is 0 Å². The van der Waals surface area contributed by atoms with Crippen LogP contribution in [0.2, 0.25) is 0 Å². The smallest absolute Gasteiger partial charge is 0.118 e. The molecule has 0 amide bonds. The molecular weight excluding hydrogens is 392 g/mol. The maximum absolute atomic E-state index is 5.29. The number of nitrogens with zero attached hydrogens (tertiary/aromatic N) is 2. The molecule has 0 aromatic heterocycles. The normalized spacial score (nSPS) is 15.2. The van der Waals surface area contributed by atoms with Gasteiger partial charge in [-0.2, -0.15) is 0 Å². The molecule has 1 heterocycles. The summed E-state index contributed by atoms with van der Waals surface area (Å²) in [6.07, 6.45) is 4.78. The number of methoxy groups -OCH3 is 1. The average molecular weight is 429 g/mol. The van der Waals surface area contributed by atoms with Gasteiger partial charge in [-0.3, -0.25) is 9.80 Å². The fourth-order valence-corrected chi connectivity index (χ4v) is 4.74. The van der Waals surface area contributed by atoms with Gasteiger partial charge in [-0.1, -0.05) is 72.8 Å². The molecule has 0 spiro atoms. The Balaban J connectivity index is 1.32. The van der Waals surface area contributed by atoms with Crippen LogP contribution in [0.3, 0.4) is 0 Å². The SMILES string of the molecule is COc1ccc(CN2CCN(C(CCc3ccccc3)CCc3ccccc3)CC2)cc1. The molecule has 1 saturated heterocycles. The molecule has 0 radical (unpaired) electrons. The standard InChI is InChI=1S/C29H36N2O/c1-32-29-18-14-27(15-19-29)24-30-20-22-31(23-21-30)28(16-12-25-8-4-2-5-9-25)17-13-26-10-6-3-7-11-26/h2-11,14-15,18-19,28H,12-13,16-17,20-24H2,1H3. The fourth-order valence-electron chi connectivity index (χ4n) is 4.74. The third kappa shape index (κ3) is 6.69. The van der Waals surface area contributed by atoms with Gasteiger partial charge in [0.15, 0.2) is 0 Å². The predicted octanol–water partition coefficient (Wildman–Crippen LogP) is 5.45. The van der Waals surface area contributed by atoms with Gasteiger partial charge in [0, 0.05) is 38.8 Å². The maximum atomic E-state index is 5.29. The number of benzene rings is 3. The summed E-state index contributed by atoms with van der Waals surface area (Å²) in [4.78, 5) is 5.33. The fraction of sp³-hybridized carbons (Fsp3) is 0.379. The molecule has 1 aliphatic heterocycles. The van der Waals surface area contributed by atoms with Crippen LogP contribution < -0.4 is 4.74 Å². The van der Waals surface area contributed by atoms with Crippen molar-refractivity contribution in [1.82, 2.24) is 9.80 Å². The van der Waals surface area contributed by atoms with E-state index in [-0.39, 0.29) is 0 Å². The first-order chi connectivity index (χ1) is 15.8. The average Bonchev–Trinajstić information content (AvgIpc) is 2.86. The van der Waals surface area contributed by atoms with E-state index in [0.717, 1.165) is 51.3 Å². The number of hydrogen-bond acceptors (Lipinski definition) is 3. The molecule has 3 aromatic carbocycles. The number of aryl methyl sites for hydroxylation is 2. The van der Waals surface area contributed by atoms with Crippen LogP contribution in [0.25, 0.3) is 0 Å². The third-order valence-corrected chi connectivity index (χ3v) is 6.71. The lowest BCUT2D eigenvalue weighted by atomic mass is 9.97. The lowest BCUT2D eigenvalue weighted by Gasteiger charge is -2.39. The quantitative estimate of drug-likeness (QED) is 0.427. The molecule has 0 N–H and O–H groups in total. The van der Waals surface area contributed by atoms with E-state index in [0.29, 0.717) is 6.04 Å². The third-order valence-electron chi connectivity index (χ3n) is 6.71. The molecule has 0 saturated carbocycles. The van der Waals surface area contributed by atoms with Gasteiger partial charge < -0.3 is 4.74 Å². The lowest BCUT2D eigenvalue weighted by Crippen LogP contribution is -2.50. The summed E-state index contributed by atoms with van der Waals surface area (Å²) >= 11 is 0. The molecular formula is C29H36N2O. The van der Waals surface area contributed by atoms with Gasteiger partial charge in [-0.05, 0) is 54.5 Å². The summed E-state index contributed by atoms with van der Waals surface area (Å²) in [5.74, 6) is 0.929. The van der Waals surface area contributed by atoms with Gasteiger partial charge in [0.1, 0.15) is 5.75 Å². The summed E-state index contributed by atoms with van der Waals surface area (Å²) in [7, 11) is 1.72. The molecule has 0 atom stereocenters. The first-order valence-electron chi connectivity index (χ1n) is 12.0. The summed E-state index contributed by atoms with van der Waals surface area (Å²) in [6, 6.07) is 31.1. The monoisotopic (exact) mass is 428 g/mol. The maximum Gasteiger partial charge on any atom is 0.118 e. The minimum absolute atomic E-state index is 0.638. The molecule has 4 rings (SSSR count). The second kappa shape index (κ2) is 11.8. The number of ether oxygens (including phenoxy) is 1. The molecule has 1 fully saturated rings. The molecule has 168 valence electrons. The molecule has 1 aliphatic rings. The largest absolute Gasteiger partial charge is 0.497 e. The van der Waals surface area contributed by atoms with Gasteiger partial charge in [0.2, 0.25) is 0 Å². The predicted molar refractivity (Wildman–Crippen MR) is 133 cm³/mol. The van der Waals surface area contributed by atoms with Crippen LogP contribution in [0.1, 0.15) is 29.5 Å². The zero-order chi connectivity index (χ0) is 22.0. The van der Waals surface area contributed by atoms with E-state index < -0.39 is 0 Å². The van der Waals surface area contributed by atoms with Crippen molar-refractivity contribution in [2.75, 3.05) is 33.3 Å². The van der Waals surface area contributed by atoms with Crippen molar-refractivity contribution in [3.05, 3.63) is 102 Å². The van der Waals surface area contributed by atoms with Gasteiger partial charge in [-0.25, -0.2) is 0 Å². The summed E-state index contributed by atoms with van der Waals surface area (Å²) < 4.78 is 5.29. The zero-order valence-corrected chi connectivity index (χ0v) is 19.3. The molecule has 3 heteroatoms. The molecule has 32 heavy (non-hydrogen) atoms. The van der Waals surface area contributed by atoms with E-state index in [1.807, 2.05) is 0 Å². The molecule has 3 aromatic rings. The highest BCUT2D eigenvalue weighted by Gasteiger charge is 2.23. The highest BCUT2D eigenvalue weighted by Crippen LogP contribution is 2.20. The van der Waals surface area contributed by atoms with Crippen LogP contribution >= 0.6 is 0 Å². The van der Waals surface area contributed by atoms with Crippen molar-refractivity contribution < 1.29 is 4.74 Å². The van der Waals surface area contributed by atoms with Gasteiger partial charge in [-0.15, -0.1) is 0 Å². The van der Waals surface area contributed by atoms with Crippen molar-refractivity contribution in [3.63, 3.8) is 0 Å². The van der Waals surface area contributed by atoms with Gasteiger partial charge in [0.25, 0.3) is 0 Å². The second-order valence-electron chi connectivity index (χ2n) is 8.86. The lowest BCUT2D eigenvalue weighted by molar-refractivity contribution is 0.0844. The van der Waals surface area contributed by atoms with Crippen LogP contribution in [0.4, 0.5) is 0 Å². The number of hydrogen-bond donors (Lipinski definition) is 0. The Bertz CT molecular complexity index is 859. The molecule has 0 aliphatic carbocycles. The molecule has 3 nitrogen and oxygen atoms in total. The van der Waals surface area contributed by atoms with E-state index in [9.17, 15) is 0 Å². The summed E-state index contributed by atoms with van der Waals surface area (Å²) in [6.45, 7) is 5.61. The zero-order valence-electron chi connectivity index (χ0n) is 19.3. The van der Waals surface area contributed by atoms with Crippen molar-refractivity contribution in [2.45, 2.75) is 38.3 Å². The minimum Gasteiger partial charge on any atom is -0.497 e. The summed E-state index contributed by atoms with van der Waals surface area (Å²) in [5.41, 5.74) is 4.27. The Morgan fingerprint density at radius 3 is 1.69 bits per heavy atom. The topological polar surface area (TPSA) is 15.7 Å². The van der Waals surface area contributed by atoms with Crippen LogP contribution in [0, 0.1) is 0 Å². The van der Waals surface area contributed by atoms with Crippen LogP contribution in [-0.2, 0) is 19.4 Å². The molecule has 0 bridgehead atoms. The Morgan fingerprint density at radius 2 is 1.19 bits per heavy atom. The van der Waals surface area contributed by atoms with Crippen LogP contribution in [0.15, 0.2) is 84.9 Å². The van der Waals surface area contributed by atoms with Crippen molar-refractivity contribution >= 4 is 0 Å². The van der Waals surface area contributed by atoms with Crippen molar-refractivity contribution in [3.8, 4) is 5.75 Å². The van der Waals surface area contributed by atoms with E-state index >= 15 is 0 Å². The Hall–Kier alpha value is -2.62. The van der Waals surface area contributed by atoms with Crippen LogP contribution in [-0.4, -0.2) is 49.1 Å². The Labute approximate surface area is 193 Å². The molecule has 0 unspecified atom stereocenters. The van der Waals surface area contributed by atoms with E-state index in [1.165, 1.54) is 29.5 Å². The minimum atomic E-state index is 0.638. The Morgan fingerprint density at radius 1 is 0.656 bits per heavy atom. The second-order valence-corrected chi connectivity index (χ2v) is 8.86. The van der Waals surface area contributed by atoms with E-state index in [2.05, 4.69) is 94.7 Å². The van der Waals surface area contributed by atoms with Crippen LogP contribution in [0.5, 0.6) is 5.75 Å². The van der Waals surface area contributed by atoms with Crippen molar-refractivity contribution in [1.29, 1.82) is 0 Å². The summed E-state index contributed by atoms with van der Waals surface area (Å²) in [5, 5.41) is 0. The number of piperazine rings is 1. The first kappa shape index (κ1) is 22.6. The highest BCUT2D eigenvalue weighted by molar-refractivity contribution is 5.27. The van der Waals surface area contributed by atoms with E-state index in [4.69, 9.17) is 4.74 Å². The number of rotatable bonds is 10. The Kier molecular flexibility index (Phi) is 8.35. The first-order valence-corrected chi connectivity index (χ1v) is 12.0. The van der Waals surface area contributed by atoms with Gasteiger partial charge in [0.05, 0.1) is 7.11 Å². The van der Waals surface area contributed by atoms with Crippen molar-refractivity contribution in [2.24, 2.45) is 0 Å². The highest BCUT2D eigenvalue weighted by atomic mass is 16.5. The van der Waals surface area contributed by atoms with E-state index in [1.54, 1.807) is 7.11 Å².